The number of amides is 4. The smallest absolute Gasteiger partial charge is 0.337 e. The van der Waals surface area contributed by atoms with E-state index in [4.69, 9.17) is 9.47 Å². The van der Waals surface area contributed by atoms with Crippen molar-refractivity contribution in [2.24, 2.45) is 0 Å². The molecule has 3 rings (SSSR count). The highest BCUT2D eigenvalue weighted by Gasteiger charge is 2.27. The molecule has 30 heavy (non-hydrogen) atoms. The Hall–Kier alpha value is -4.14. The number of nitrogens with one attached hydrogen (secondary N) is 2. The quantitative estimate of drug-likeness (QED) is 0.308. The summed E-state index contributed by atoms with van der Waals surface area (Å²) in [5, 5.41) is 4.03. The maximum atomic E-state index is 11.9. The molecule has 1 aliphatic heterocycles. The molecule has 2 N–H and O–H groups in total. The molecule has 1 aliphatic rings. The first-order valence-electron chi connectivity index (χ1n) is 8.89. The van der Waals surface area contributed by atoms with Gasteiger partial charge in [0, 0.05) is 5.56 Å². The van der Waals surface area contributed by atoms with Crippen molar-refractivity contribution in [2.45, 2.75) is 0 Å². The van der Waals surface area contributed by atoms with Crippen molar-refractivity contribution in [3.63, 3.8) is 0 Å². The summed E-state index contributed by atoms with van der Waals surface area (Å²) in [7, 11) is 1.31. The van der Waals surface area contributed by atoms with Gasteiger partial charge in [-0.15, -0.1) is 0 Å². The van der Waals surface area contributed by atoms with Crippen LogP contribution in [0.3, 0.4) is 0 Å². The van der Waals surface area contributed by atoms with Gasteiger partial charge in [-0.25, -0.2) is 9.59 Å². The molecular formula is C21H18N2O7. The predicted octanol–water partition coefficient (Wildman–Crippen LogP) is 1.68. The largest absolute Gasteiger partial charge is 0.490 e. The standard InChI is InChI=1S/C21H18N2O7/c1-28-20(26)13-6-8-15(9-7-13)29-10-11-30-17-5-3-2-4-14(17)12-16-18(24)22-21(27)23-19(16)25/h2-9,12H,10-11H2,1H3,(H2,22,23,24,25,27). The summed E-state index contributed by atoms with van der Waals surface area (Å²) in [6.45, 7) is 0.410. The zero-order chi connectivity index (χ0) is 21.5. The fraction of sp³-hybridized carbons (Fsp3) is 0.143. The van der Waals surface area contributed by atoms with Gasteiger partial charge in [0.1, 0.15) is 30.3 Å². The van der Waals surface area contributed by atoms with Crippen molar-refractivity contribution < 1.29 is 33.4 Å². The minimum atomic E-state index is -0.858. The summed E-state index contributed by atoms with van der Waals surface area (Å²) in [6, 6.07) is 12.4. The van der Waals surface area contributed by atoms with Crippen LogP contribution in [-0.4, -0.2) is 44.1 Å². The summed E-state index contributed by atoms with van der Waals surface area (Å²) in [6.07, 6.45) is 1.35. The van der Waals surface area contributed by atoms with E-state index in [-0.39, 0.29) is 18.8 Å². The number of hydrogen-bond donors (Lipinski definition) is 2. The highest BCUT2D eigenvalue weighted by atomic mass is 16.5. The first-order valence-corrected chi connectivity index (χ1v) is 8.89. The van der Waals surface area contributed by atoms with Crippen LogP contribution >= 0.6 is 0 Å². The zero-order valence-electron chi connectivity index (χ0n) is 16.0. The molecule has 0 aromatic heterocycles. The van der Waals surface area contributed by atoms with Crippen molar-refractivity contribution in [1.82, 2.24) is 10.6 Å². The Bertz CT molecular complexity index is 990. The van der Waals surface area contributed by atoms with Gasteiger partial charge in [-0.05, 0) is 36.4 Å². The molecule has 0 atom stereocenters. The fourth-order valence-corrected chi connectivity index (χ4v) is 2.61. The van der Waals surface area contributed by atoms with E-state index in [9.17, 15) is 19.2 Å². The van der Waals surface area contributed by atoms with Gasteiger partial charge in [0.15, 0.2) is 0 Å². The number of methoxy groups -OCH3 is 1. The van der Waals surface area contributed by atoms with Gasteiger partial charge in [-0.2, -0.15) is 0 Å². The normalized spacial score (nSPS) is 13.2. The maximum absolute atomic E-state index is 11.9. The Kier molecular flexibility index (Phi) is 6.43. The summed E-state index contributed by atoms with van der Waals surface area (Å²) >= 11 is 0. The first-order chi connectivity index (χ1) is 14.5. The van der Waals surface area contributed by atoms with E-state index < -0.39 is 23.8 Å². The fourth-order valence-electron chi connectivity index (χ4n) is 2.61. The maximum Gasteiger partial charge on any atom is 0.337 e. The Labute approximate surface area is 171 Å². The number of carbonyl (C=O) groups excluding carboxylic acids is 4. The Morgan fingerprint density at radius 1 is 0.900 bits per heavy atom. The number of urea groups is 1. The number of imide groups is 2. The number of benzene rings is 2. The summed E-state index contributed by atoms with van der Waals surface area (Å²) in [5.74, 6) is -0.996. The number of carbonyl (C=O) groups is 4. The van der Waals surface area contributed by atoms with Crippen LogP contribution in [0.2, 0.25) is 0 Å². The lowest BCUT2D eigenvalue weighted by Gasteiger charge is -2.15. The van der Waals surface area contributed by atoms with Crippen LogP contribution in [0.5, 0.6) is 11.5 Å². The molecule has 2 aromatic rings. The average Bonchev–Trinajstić information content (AvgIpc) is 2.74. The summed E-state index contributed by atoms with van der Waals surface area (Å²) < 4.78 is 15.9. The molecule has 0 unspecified atom stereocenters. The third-order valence-electron chi connectivity index (χ3n) is 4.05. The SMILES string of the molecule is COC(=O)c1ccc(OCCOc2ccccc2C=C2C(=O)NC(=O)NC2=O)cc1. The molecule has 154 valence electrons. The molecule has 1 saturated heterocycles. The van der Waals surface area contributed by atoms with Gasteiger partial charge in [-0.3, -0.25) is 20.2 Å². The van der Waals surface area contributed by atoms with Crippen LogP contribution in [0, 0.1) is 0 Å². The molecular weight excluding hydrogens is 392 g/mol. The van der Waals surface area contributed by atoms with Crippen molar-refractivity contribution in [1.29, 1.82) is 0 Å². The molecule has 9 nitrogen and oxygen atoms in total. The van der Waals surface area contributed by atoms with E-state index >= 15 is 0 Å². The van der Waals surface area contributed by atoms with Crippen LogP contribution in [0.4, 0.5) is 4.79 Å². The lowest BCUT2D eigenvalue weighted by Crippen LogP contribution is -2.51. The monoisotopic (exact) mass is 410 g/mol. The Balaban J connectivity index is 1.60. The van der Waals surface area contributed by atoms with Crippen LogP contribution in [0.25, 0.3) is 6.08 Å². The van der Waals surface area contributed by atoms with E-state index in [1.165, 1.54) is 13.2 Å². The van der Waals surface area contributed by atoms with E-state index in [1.54, 1.807) is 48.5 Å². The predicted molar refractivity (Wildman–Crippen MR) is 105 cm³/mol. The minimum Gasteiger partial charge on any atom is -0.490 e. The molecule has 0 radical (unpaired) electrons. The van der Waals surface area contributed by atoms with Gasteiger partial charge < -0.3 is 14.2 Å². The minimum absolute atomic E-state index is 0.190. The van der Waals surface area contributed by atoms with E-state index in [0.29, 0.717) is 22.6 Å². The molecule has 0 spiro atoms. The Morgan fingerprint density at radius 2 is 1.53 bits per heavy atom. The Morgan fingerprint density at radius 3 is 2.20 bits per heavy atom. The molecule has 0 bridgehead atoms. The lowest BCUT2D eigenvalue weighted by atomic mass is 10.1. The van der Waals surface area contributed by atoms with Crippen LogP contribution < -0.4 is 20.1 Å². The van der Waals surface area contributed by atoms with E-state index in [0.717, 1.165) is 0 Å². The van der Waals surface area contributed by atoms with Gasteiger partial charge >= 0.3 is 12.0 Å². The van der Waals surface area contributed by atoms with Gasteiger partial charge in [-0.1, -0.05) is 18.2 Å². The average molecular weight is 410 g/mol. The number of para-hydroxylation sites is 1. The topological polar surface area (TPSA) is 120 Å². The van der Waals surface area contributed by atoms with E-state index in [1.807, 2.05) is 10.6 Å². The van der Waals surface area contributed by atoms with E-state index in [2.05, 4.69) is 4.74 Å². The van der Waals surface area contributed by atoms with Crippen molar-refractivity contribution in [3.8, 4) is 11.5 Å². The number of rotatable bonds is 7. The van der Waals surface area contributed by atoms with Crippen LogP contribution in [0.1, 0.15) is 15.9 Å². The second-order valence-corrected chi connectivity index (χ2v) is 6.05. The molecule has 2 aromatic carbocycles. The molecule has 0 aliphatic carbocycles. The zero-order valence-corrected chi connectivity index (χ0v) is 16.0. The van der Waals surface area contributed by atoms with Crippen molar-refractivity contribution >= 4 is 29.9 Å². The number of esters is 1. The third-order valence-corrected chi connectivity index (χ3v) is 4.05. The molecule has 1 heterocycles. The molecule has 1 fully saturated rings. The highest BCUT2D eigenvalue weighted by Crippen LogP contribution is 2.22. The van der Waals surface area contributed by atoms with Crippen LogP contribution in [-0.2, 0) is 14.3 Å². The molecule has 9 heteroatoms. The van der Waals surface area contributed by atoms with Gasteiger partial charge in [0.25, 0.3) is 11.8 Å². The number of hydrogen-bond acceptors (Lipinski definition) is 7. The van der Waals surface area contributed by atoms with Gasteiger partial charge in [0.2, 0.25) is 0 Å². The second-order valence-electron chi connectivity index (χ2n) is 6.05. The van der Waals surface area contributed by atoms with Crippen LogP contribution in [0.15, 0.2) is 54.1 Å². The lowest BCUT2D eigenvalue weighted by molar-refractivity contribution is -0.123. The summed E-state index contributed by atoms with van der Waals surface area (Å²) in [4.78, 5) is 46.3. The van der Waals surface area contributed by atoms with Crippen molar-refractivity contribution in [2.75, 3.05) is 20.3 Å². The first kappa shape index (κ1) is 20.6. The number of ether oxygens (including phenoxy) is 3. The summed E-state index contributed by atoms with van der Waals surface area (Å²) in [5.41, 5.74) is 0.711. The molecule has 0 saturated carbocycles. The van der Waals surface area contributed by atoms with Gasteiger partial charge in [0.05, 0.1) is 12.7 Å². The number of barbiturate groups is 1. The molecule has 4 amide bonds. The van der Waals surface area contributed by atoms with Crippen molar-refractivity contribution in [3.05, 3.63) is 65.2 Å². The third kappa shape index (κ3) is 5.02. The second kappa shape index (κ2) is 9.37. The highest BCUT2D eigenvalue weighted by molar-refractivity contribution is 6.31.